The number of rotatable bonds is 8. The number of hydrogen-bond acceptors (Lipinski definition) is 6. The predicted octanol–water partition coefficient (Wildman–Crippen LogP) is 5.44. The quantitative estimate of drug-likeness (QED) is 0.430. The third-order valence-electron chi connectivity index (χ3n) is 6.67. The van der Waals surface area contributed by atoms with Crippen molar-refractivity contribution in [2.75, 3.05) is 19.0 Å². The highest BCUT2D eigenvalue weighted by molar-refractivity contribution is 6.33. The van der Waals surface area contributed by atoms with Gasteiger partial charge in [0.2, 0.25) is 0 Å². The highest BCUT2D eigenvalue weighted by Gasteiger charge is 2.30. The fraction of sp³-hybridized carbons (Fsp3) is 0.481. The summed E-state index contributed by atoms with van der Waals surface area (Å²) >= 11 is 6.54. The molecule has 1 heterocycles. The second-order valence-electron chi connectivity index (χ2n) is 10.3. The summed E-state index contributed by atoms with van der Waals surface area (Å²) in [5.74, 6) is 0.0410. The lowest BCUT2D eigenvalue weighted by Gasteiger charge is -2.33. The highest BCUT2D eigenvalue weighted by atomic mass is 35.5. The summed E-state index contributed by atoms with van der Waals surface area (Å²) in [6.45, 7) is 6.67. The number of halogens is 1. The van der Waals surface area contributed by atoms with Gasteiger partial charge in [-0.05, 0) is 61.3 Å². The van der Waals surface area contributed by atoms with Crippen LogP contribution in [0.25, 0.3) is 0 Å². The third kappa shape index (κ3) is 6.67. The molecule has 1 saturated carbocycles. The number of nitrogens with one attached hydrogen (secondary N) is 2. The lowest BCUT2D eigenvalue weighted by molar-refractivity contribution is -0.143. The molecule has 0 unspecified atom stereocenters. The molecular weight excluding hydrogens is 480 g/mol. The largest absolute Gasteiger partial charge is 0.496 e. The number of carbonyl (C=O) groups is 2. The summed E-state index contributed by atoms with van der Waals surface area (Å²) < 4.78 is 5.55. The number of ether oxygens (including phenoxy) is 1. The topological polar surface area (TPSA) is 124 Å². The van der Waals surface area contributed by atoms with Gasteiger partial charge >= 0.3 is 5.97 Å². The minimum absolute atomic E-state index is 0.264. The van der Waals surface area contributed by atoms with Crippen molar-refractivity contribution in [1.82, 2.24) is 10.3 Å². The van der Waals surface area contributed by atoms with Gasteiger partial charge in [0.1, 0.15) is 11.6 Å². The maximum absolute atomic E-state index is 12.7. The van der Waals surface area contributed by atoms with E-state index in [0.29, 0.717) is 47.1 Å². The van der Waals surface area contributed by atoms with Crippen molar-refractivity contribution in [3.8, 4) is 11.8 Å². The maximum atomic E-state index is 12.7. The molecule has 2 aromatic rings. The molecule has 1 amide bonds. The van der Waals surface area contributed by atoms with Crippen LogP contribution in [0.3, 0.4) is 0 Å². The molecule has 8 nitrogen and oxygen atoms in total. The molecule has 1 fully saturated rings. The number of methoxy groups -OCH3 is 1. The number of aliphatic carboxylic acids is 1. The molecule has 0 aliphatic heterocycles. The Labute approximate surface area is 217 Å². The van der Waals surface area contributed by atoms with Crippen molar-refractivity contribution in [3.63, 3.8) is 0 Å². The molecule has 1 aromatic heterocycles. The number of carboxylic acids is 1. The fourth-order valence-corrected chi connectivity index (χ4v) is 4.77. The number of pyridine rings is 1. The molecule has 3 rings (SSSR count). The summed E-state index contributed by atoms with van der Waals surface area (Å²) in [5, 5.41) is 25.1. The monoisotopic (exact) mass is 512 g/mol. The Morgan fingerprint density at radius 3 is 2.50 bits per heavy atom. The van der Waals surface area contributed by atoms with Crippen LogP contribution in [0.2, 0.25) is 5.02 Å². The number of nitriles is 1. The van der Waals surface area contributed by atoms with E-state index < -0.39 is 5.97 Å². The highest BCUT2D eigenvalue weighted by Crippen LogP contribution is 2.41. The lowest BCUT2D eigenvalue weighted by Crippen LogP contribution is -2.32. The zero-order chi connectivity index (χ0) is 26.5. The van der Waals surface area contributed by atoms with E-state index in [2.05, 4.69) is 42.5 Å². The van der Waals surface area contributed by atoms with Gasteiger partial charge in [0, 0.05) is 18.3 Å². The van der Waals surface area contributed by atoms with E-state index in [1.165, 1.54) is 6.20 Å². The van der Waals surface area contributed by atoms with Crippen molar-refractivity contribution >= 4 is 29.3 Å². The average molecular weight is 513 g/mol. The molecule has 9 heteroatoms. The predicted molar refractivity (Wildman–Crippen MR) is 138 cm³/mol. The van der Waals surface area contributed by atoms with Gasteiger partial charge in [-0.1, -0.05) is 32.4 Å². The molecule has 0 bridgehead atoms. The molecule has 0 spiro atoms. The number of aromatic nitrogens is 1. The lowest BCUT2D eigenvalue weighted by atomic mass is 9.81. The first-order chi connectivity index (χ1) is 17.0. The summed E-state index contributed by atoms with van der Waals surface area (Å²) in [6.07, 6.45) is 4.32. The van der Waals surface area contributed by atoms with Crippen LogP contribution in [0.5, 0.6) is 5.75 Å². The molecule has 1 aromatic carbocycles. The molecule has 1 atom stereocenters. The fourth-order valence-electron chi connectivity index (χ4n) is 4.55. The molecule has 1 aliphatic rings. The van der Waals surface area contributed by atoms with Gasteiger partial charge in [0.25, 0.3) is 5.91 Å². The van der Waals surface area contributed by atoms with Crippen LogP contribution in [0, 0.1) is 28.6 Å². The van der Waals surface area contributed by atoms with Crippen LogP contribution in [-0.2, 0) is 4.79 Å². The number of carbonyl (C=O) groups excluding carboxylic acids is 1. The molecule has 3 N–H and O–H groups in total. The van der Waals surface area contributed by atoms with E-state index >= 15 is 0 Å². The van der Waals surface area contributed by atoms with E-state index in [-0.39, 0.29) is 29.2 Å². The number of carboxylic acid groups (broad SMARTS) is 1. The van der Waals surface area contributed by atoms with Gasteiger partial charge in [-0.25, -0.2) is 4.98 Å². The minimum Gasteiger partial charge on any atom is -0.496 e. The molecule has 192 valence electrons. The van der Waals surface area contributed by atoms with Crippen LogP contribution in [0.1, 0.15) is 74.0 Å². The van der Waals surface area contributed by atoms with E-state index in [4.69, 9.17) is 21.4 Å². The van der Waals surface area contributed by atoms with Gasteiger partial charge in [-0.2, -0.15) is 5.26 Å². The Morgan fingerprint density at radius 2 is 1.94 bits per heavy atom. The van der Waals surface area contributed by atoms with Crippen LogP contribution in [0.4, 0.5) is 5.82 Å². The van der Waals surface area contributed by atoms with E-state index in [1.807, 2.05) is 0 Å². The normalized spacial score (nSPS) is 18.6. The van der Waals surface area contributed by atoms with Gasteiger partial charge in [-0.3, -0.25) is 9.59 Å². The Bertz CT molecular complexity index is 1150. The van der Waals surface area contributed by atoms with Gasteiger partial charge in [-0.15, -0.1) is 0 Å². The molecule has 0 saturated heterocycles. The Morgan fingerprint density at radius 1 is 1.25 bits per heavy atom. The summed E-state index contributed by atoms with van der Waals surface area (Å²) in [7, 11) is 1.58. The molecule has 0 radical (unpaired) electrons. The van der Waals surface area contributed by atoms with Gasteiger partial charge in [0.15, 0.2) is 0 Å². The van der Waals surface area contributed by atoms with E-state index in [0.717, 1.165) is 18.4 Å². The minimum atomic E-state index is -0.739. The van der Waals surface area contributed by atoms with Crippen molar-refractivity contribution in [2.45, 2.75) is 52.5 Å². The first-order valence-corrected chi connectivity index (χ1v) is 12.4. The van der Waals surface area contributed by atoms with Crippen LogP contribution < -0.4 is 15.4 Å². The van der Waals surface area contributed by atoms with Crippen molar-refractivity contribution in [2.24, 2.45) is 17.3 Å². The first kappa shape index (κ1) is 27.3. The smallest absolute Gasteiger partial charge is 0.306 e. The van der Waals surface area contributed by atoms with Crippen LogP contribution >= 0.6 is 11.6 Å². The van der Waals surface area contributed by atoms with Crippen molar-refractivity contribution < 1.29 is 19.4 Å². The van der Waals surface area contributed by atoms with Crippen molar-refractivity contribution in [3.05, 3.63) is 52.2 Å². The Hall–Kier alpha value is -3.31. The first-order valence-electron chi connectivity index (χ1n) is 12.0. The molecule has 1 aliphatic carbocycles. The number of amides is 1. The van der Waals surface area contributed by atoms with Gasteiger partial charge in [0.05, 0.1) is 41.3 Å². The zero-order valence-electron chi connectivity index (χ0n) is 21.1. The van der Waals surface area contributed by atoms with E-state index in [9.17, 15) is 14.9 Å². The second-order valence-corrected chi connectivity index (χ2v) is 10.7. The Kier molecular flexibility index (Phi) is 8.80. The second kappa shape index (κ2) is 11.6. The number of hydrogen-bond donors (Lipinski definition) is 3. The number of benzene rings is 1. The third-order valence-corrected chi connectivity index (χ3v) is 6.96. The average Bonchev–Trinajstić information content (AvgIpc) is 2.85. The summed E-state index contributed by atoms with van der Waals surface area (Å²) in [5.41, 5.74) is 1.38. The number of nitrogens with zero attached hydrogens (tertiary/aromatic N) is 2. The number of anilines is 1. The summed E-state index contributed by atoms with van der Waals surface area (Å²) in [6, 6.07) is 8.73. The SMILES string of the molecule is COc1ccc(C#N)cc1[C@@H](Nc1ncc(C(=O)NCC2CCC(C(=O)O)CC2)cc1Cl)C(C)(C)C. The van der Waals surface area contributed by atoms with E-state index in [1.54, 1.807) is 31.4 Å². The maximum Gasteiger partial charge on any atom is 0.306 e. The standard InChI is InChI=1S/C27H33ClN4O4/c1-27(2,3)23(20-11-17(13-29)7-10-22(20)36-4)32-24-21(28)12-19(15-30-24)25(33)31-14-16-5-8-18(9-6-16)26(34)35/h7,10-12,15-16,18,23H,5-6,8-9,14H2,1-4H3,(H,30,32)(H,31,33)(H,34,35)/t16?,18?,23-/m1/s1. The van der Waals surface area contributed by atoms with Gasteiger partial charge < -0.3 is 20.5 Å². The van der Waals surface area contributed by atoms with Crippen LogP contribution in [0.15, 0.2) is 30.5 Å². The molecular formula is C27H33ClN4O4. The van der Waals surface area contributed by atoms with Crippen LogP contribution in [-0.4, -0.2) is 35.6 Å². The molecule has 36 heavy (non-hydrogen) atoms. The summed E-state index contributed by atoms with van der Waals surface area (Å²) in [4.78, 5) is 28.3. The zero-order valence-corrected chi connectivity index (χ0v) is 21.9. The van der Waals surface area contributed by atoms with Crippen molar-refractivity contribution in [1.29, 1.82) is 5.26 Å². The Balaban J connectivity index is 1.72.